The zero-order valence-electron chi connectivity index (χ0n) is 12.6. The van der Waals surface area contributed by atoms with E-state index in [1.165, 1.54) is 0 Å². The molecular weight excluding hydrogens is 324 g/mol. The van der Waals surface area contributed by atoms with Gasteiger partial charge in [0.1, 0.15) is 25.0 Å². The molecule has 0 bridgehead atoms. The Hall–Kier alpha value is -2.13. The van der Waals surface area contributed by atoms with Gasteiger partial charge in [-0.1, -0.05) is 6.07 Å². The fourth-order valence-corrected chi connectivity index (χ4v) is 2.42. The third-order valence-electron chi connectivity index (χ3n) is 3.06. The van der Waals surface area contributed by atoms with Crippen LogP contribution in [0.2, 0.25) is 0 Å². The van der Waals surface area contributed by atoms with Crippen molar-refractivity contribution in [2.75, 3.05) is 24.8 Å². The molecule has 1 heterocycles. The topological polar surface area (TPSA) is 111 Å². The van der Waals surface area contributed by atoms with E-state index >= 15 is 0 Å². The summed E-state index contributed by atoms with van der Waals surface area (Å²) in [5.41, 5.74) is 0.668. The number of nitrogens with one attached hydrogen (secondary N) is 2. The first-order valence-corrected chi connectivity index (χ1v) is 8.82. The molecule has 0 saturated carbocycles. The summed E-state index contributed by atoms with van der Waals surface area (Å²) in [5.74, 6) is -0.107. The van der Waals surface area contributed by atoms with E-state index in [1.54, 1.807) is 24.3 Å². The summed E-state index contributed by atoms with van der Waals surface area (Å²) in [7, 11) is -3.48. The number of hydrogen-bond donors (Lipinski definition) is 2. The van der Waals surface area contributed by atoms with E-state index in [0.717, 1.165) is 6.26 Å². The Kier molecular flexibility index (Phi) is 5.56. The highest BCUT2D eigenvalue weighted by atomic mass is 32.2. The van der Waals surface area contributed by atoms with Crippen molar-refractivity contribution in [2.24, 2.45) is 0 Å². The average molecular weight is 342 g/mol. The highest BCUT2D eigenvalue weighted by Gasteiger charge is 2.26. The van der Waals surface area contributed by atoms with Gasteiger partial charge in [-0.3, -0.25) is 19.1 Å². The van der Waals surface area contributed by atoms with Crippen LogP contribution in [0.5, 0.6) is 5.75 Å². The fraction of sp³-hybridized carbons (Fsp3) is 0.429. The third kappa shape index (κ3) is 5.87. The van der Waals surface area contributed by atoms with Crippen LogP contribution < -0.4 is 15.4 Å². The number of carbonyl (C=O) groups excluding carboxylic acids is 2. The summed E-state index contributed by atoms with van der Waals surface area (Å²) < 4.78 is 31.6. The van der Waals surface area contributed by atoms with Gasteiger partial charge >= 0.3 is 0 Å². The van der Waals surface area contributed by atoms with E-state index in [2.05, 4.69) is 14.8 Å². The molecule has 1 atom stereocenters. The Morgan fingerprint density at radius 3 is 2.78 bits per heavy atom. The number of amides is 2. The fourth-order valence-electron chi connectivity index (χ4n) is 2.05. The van der Waals surface area contributed by atoms with Crippen LogP contribution in [-0.2, 0) is 23.9 Å². The lowest BCUT2D eigenvalue weighted by Gasteiger charge is -2.23. The molecule has 1 aromatic carbocycles. The molecule has 2 N–H and O–H groups in total. The van der Waals surface area contributed by atoms with Gasteiger partial charge in [0.05, 0.1) is 6.26 Å². The molecule has 8 nitrogen and oxygen atoms in total. The zero-order valence-corrected chi connectivity index (χ0v) is 13.4. The first-order valence-electron chi connectivity index (χ1n) is 7.01. The first kappa shape index (κ1) is 17.2. The summed E-state index contributed by atoms with van der Waals surface area (Å²) in [6, 6.07) is 6.42. The number of imide groups is 1. The van der Waals surface area contributed by atoms with Crippen molar-refractivity contribution in [3.63, 3.8) is 0 Å². The van der Waals surface area contributed by atoms with Gasteiger partial charge in [0.2, 0.25) is 11.8 Å². The molecule has 0 aliphatic carbocycles. The molecule has 2 amide bonds. The van der Waals surface area contributed by atoms with Gasteiger partial charge < -0.3 is 10.1 Å². The number of carbonyl (C=O) groups is 2. The third-order valence-corrected chi connectivity index (χ3v) is 3.66. The zero-order chi connectivity index (χ0) is 16.9. The smallest absolute Gasteiger partial charge is 0.264 e. The number of benzene rings is 1. The second-order valence-electron chi connectivity index (χ2n) is 5.05. The lowest BCUT2D eigenvalue weighted by Crippen LogP contribution is -2.47. The Morgan fingerprint density at radius 2 is 2.09 bits per heavy atom. The normalized spacial score (nSPS) is 18.4. The van der Waals surface area contributed by atoms with E-state index < -0.39 is 16.2 Å². The van der Waals surface area contributed by atoms with Gasteiger partial charge in [0, 0.05) is 18.2 Å². The van der Waals surface area contributed by atoms with E-state index in [0.29, 0.717) is 24.3 Å². The largest absolute Gasteiger partial charge is 0.491 e. The molecule has 0 spiro atoms. The second-order valence-corrected chi connectivity index (χ2v) is 6.69. The lowest BCUT2D eigenvalue weighted by molar-refractivity contribution is -0.133. The molecular formula is C14H18N2O6S. The van der Waals surface area contributed by atoms with Crippen molar-refractivity contribution in [3.05, 3.63) is 24.3 Å². The Bertz CT molecular complexity index is 688. The molecule has 1 fully saturated rings. The van der Waals surface area contributed by atoms with Gasteiger partial charge in [0.25, 0.3) is 10.1 Å². The molecule has 1 aliphatic rings. The minimum absolute atomic E-state index is 0.0783. The Balaban J connectivity index is 1.87. The second kappa shape index (κ2) is 7.42. The highest BCUT2D eigenvalue weighted by molar-refractivity contribution is 7.85. The summed E-state index contributed by atoms with van der Waals surface area (Å²) in [6.07, 6.45) is 1.69. The molecule has 9 heteroatoms. The number of piperidine rings is 1. The molecule has 1 aliphatic heterocycles. The predicted octanol–water partition coefficient (Wildman–Crippen LogP) is 0.259. The van der Waals surface area contributed by atoms with Crippen LogP contribution in [0.3, 0.4) is 0 Å². The van der Waals surface area contributed by atoms with E-state index in [9.17, 15) is 18.0 Å². The maximum Gasteiger partial charge on any atom is 0.264 e. The maximum absolute atomic E-state index is 11.7. The number of anilines is 1. The molecule has 1 aromatic rings. The van der Waals surface area contributed by atoms with Gasteiger partial charge in [-0.2, -0.15) is 8.42 Å². The molecule has 126 valence electrons. The summed E-state index contributed by atoms with van der Waals surface area (Å²) >= 11 is 0. The van der Waals surface area contributed by atoms with Crippen LogP contribution >= 0.6 is 0 Å². The van der Waals surface area contributed by atoms with Crippen molar-refractivity contribution < 1.29 is 26.9 Å². The lowest BCUT2D eigenvalue weighted by atomic mass is 10.1. The Labute approximate surface area is 134 Å². The van der Waals surface area contributed by atoms with Crippen LogP contribution in [0.4, 0.5) is 5.69 Å². The number of rotatable bonds is 7. The summed E-state index contributed by atoms with van der Waals surface area (Å²) in [4.78, 5) is 22.8. The van der Waals surface area contributed by atoms with Crippen molar-refractivity contribution in [1.29, 1.82) is 0 Å². The van der Waals surface area contributed by atoms with Crippen molar-refractivity contribution in [2.45, 2.75) is 18.9 Å². The summed E-state index contributed by atoms with van der Waals surface area (Å²) in [5, 5.41) is 5.31. The van der Waals surface area contributed by atoms with Crippen molar-refractivity contribution in [1.82, 2.24) is 5.32 Å². The minimum atomic E-state index is -3.48. The molecule has 0 radical (unpaired) electrons. The number of hydrogen-bond acceptors (Lipinski definition) is 7. The molecule has 1 saturated heterocycles. The SMILES string of the molecule is CS(=O)(=O)OCCOc1cccc(NC2CCC(=O)NC2=O)c1. The van der Waals surface area contributed by atoms with Crippen LogP contribution in [0, 0.1) is 0 Å². The van der Waals surface area contributed by atoms with Crippen molar-refractivity contribution in [3.8, 4) is 5.75 Å². The average Bonchev–Trinajstić information content (AvgIpc) is 2.46. The van der Waals surface area contributed by atoms with Gasteiger partial charge in [-0.25, -0.2) is 0 Å². The van der Waals surface area contributed by atoms with E-state index in [1.807, 2.05) is 0 Å². The molecule has 2 rings (SSSR count). The number of ether oxygens (including phenoxy) is 1. The first-order chi connectivity index (χ1) is 10.8. The Morgan fingerprint density at radius 1 is 1.30 bits per heavy atom. The monoisotopic (exact) mass is 342 g/mol. The molecule has 0 aromatic heterocycles. The van der Waals surface area contributed by atoms with E-state index in [4.69, 9.17) is 4.74 Å². The van der Waals surface area contributed by atoms with E-state index in [-0.39, 0.29) is 25.0 Å². The van der Waals surface area contributed by atoms with Crippen molar-refractivity contribution >= 4 is 27.6 Å². The van der Waals surface area contributed by atoms with Crippen LogP contribution in [0.15, 0.2) is 24.3 Å². The van der Waals surface area contributed by atoms with Crippen LogP contribution in [-0.4, -0.2) is 45.7 Å². The quantitative estimate of drug-likeness (QED) is 0.415. The standard InChI is InChI=1S/C14H18N2O6S/c1-23(19,20)22-8-7-21-11-4-2-3-10(9-11)15-12-5-6-13(17)16-14(12)18/h2-4,9,12,15H,5-8H2,1H3,(H,16,17,18). The van der Waals surface area contributed by atoms with Crippen LogP contribution in [0.25, 0.3) is 0 Å². The highest BCUT2D eigenvalue weighted by Crippen LogP contribution is 2.20. The van der Waals surface area contributed by atoms with Gasteiger partial charge in [-0.05, 0) is 18.6 Å². The molecule has 23 heavy (non-hydrogen) atoms. The maximum atomic E-state index is 11.7. The molecule has 1 unspecified atom stereocenters. The van der Waals surface area contributed by atoms with Gasteiger partial charge in [0.15, 0.2) is 0 Å². The minimum Gasteiger partial charge on any atom is -0.491 e. The summed E-state index contributed by atoms with van der Waals surface area (Å²) in [6.45, 7) is -0.00142. The predicted molar refractivity (Wildman–Crippen MR) is 82.5 cm³/mol. The van der Waals surface area contributed by atoms with Crippen LogP contribution in [0.1, 0.15) is 12.8 Å². The van der Waals surface area contributed by atoms with Gasteiger partial charge in [-0.15, -0.1) is 0 Å².